The van der Waals surface area contributed by atoms with E-state index >= 15 is 0 Å². The summed E-state index contributed by atoms with van der Waals surface area (Å²) in [6, 6.07) is 51.9. The van der Waals surface area contributed by atoms with Crippen molar-refractivity contribution in [3.8, 4) is 0 Å². The molecule has 5 aromatic heterocycles. The SMILES string of the molecule is CCOC(=O)c1c(N2CCN(C(=O)C3=Nc4ccccc4C3)CC2)c2ccccc2n(C)c1=O.CCOC(=O)c1c(N2CCN(C(=O)c3cccs3)CC2)c2ccccc2n(Cc2ccc3ccccc3c2)c1=O.CCOC(=O)c1c(N2CCN(C(=O)c3ccncc3)CC2)c2ccccc2n(C)c1=O. The Balaban J connectivity index is 0.000000141. The van der Waals surface area contributed by atoms with Gasteiger partial charge in [0.1, 0.15) is 22.4 Å². The first-order valence-electron chi connectivity index (χ1n) is 35.2. The molecule has 105 heavy (non-hydrogen) atoms. The van der Waals surface area contributed by atoms with Crippen LogP contribution in [0.25, 0.3) is 43.5 Å². The Hall–Kier alpha value is -12.1. The number of rotatable bonds is 14. The van der Waals surface area contributed by atoms with Crippen LogP contribution in [0, 0.1) is 0 Å². The average molecular weight is 1430 g/mol. The maximum absolute atomic E-state index is 14.1. The summed E-state index contributed by atoms with van der Waals surface area (Å²) in [6.07, 6.45) is 3.74. The smallest absolute Gasteiger partial charge is 0.345 e. The maximum atomic E-state index is 14.1. The maximum Gasteiger partial charge on any atom is 0.345 e. The Morgan fingerprint density at radius 2 is 0.876 bits per heavy atom. The average Bonchev–Trinajstić information content (AvgIpc) is 1.23. The summed E-state index contributed by atoms with van der Waals surface area (Å²) < 4.78 is 20.5. The van der Waals surface area contributed by atoms with E-state index in [1.165, 1.54) is 20.5 Å². The number of esters is 3. The first-order valence-corrected chi connectivity index (χ1v) is 36.0. The van der Waals surface area contributed by atoms with E-state index in [2.05, 4.69) is 39.1 Å². The number of benzene rings is 6. The predicted octanol–water partition coefficient (Wildman–Crippen LogP) is 10.2. The van der Waals surface area contributed by atoms with Gasteiger partial charge in [0, 0.05) is 133 Å². The number of carbonyl (C=O) groups is 6. The van der Waals surface area contributed by atoms with Crippen LogP contribution >= 0.6 is 11.3 Å². The summed E-state index contributed by atoms with van der Waals surface area (Å²) in [5, 5.41) is 6.54. The number of aromatic nitrogens is 4. The number of amides is 3. The monoisotopic (exact) mass is 1430 g/mol. The predicted molar refractivity (Wildman–Crippen MR) is 408 cm³/mol. The Morgan fingerprint density at radius 1 is 0.438 bits per heavy atom. The number of ether oxygens (including phenoxy) is 3. The summed E-state index contributed by atoms with van der Waals surface area (Å²) in [5.41, 5.74) is 6.98. The van der Waals surface area contributed by atoms with E-state index in [1.54, 1.807) is 73.8 Å². The molecular formula is C81H79N11O12S. The molecule has 0 bridgehead atoms. The molecule has 4 aliphatic rings. The fraction of sp³-hybridized carbons (Fsp3) is 0.272. The third-order valence-electron chi connectivity index (χ3n) is 19.5. The first-order chi connectivity index (χ1) is 51.1. The number of aliphatic imine (C=N–C) groups is 1. The second-order valence-corrected chi connectivity index (χ2v) is 26.5. The Labute approximate surface area is 608 Å². The number of para-hydroxylation sites is 4. The van der Waals surface area contributed by atoms with Crippen LogP contribution in [0.1, 0.15) is 83.0 Å². The molecule has 0 unspecified atom stereocenters. The molecule has 3 fully saturated rings. The van der Waals surface area contributed by atoms with Gasteiger partial charge < -0.3 is 57.3 Å². The number of anilines is 3. The lowest BCUT2D eigenvalue weighted by Gasteiger charge is -2.37. The lowest BCUT2D eigenvalue weighted by atomic mass is 10.0. The molecule has 23 nitrogen and oxygen atoms in total. The van der Waals surface area contributed by atoms with Crippen molar-refractivity contribution in [1.29, 1.82) is 0 Å². The van der Waals surface area contributed by atoms with Crippen LogP contribution in [-0.4, -0.2) is 173 Å². The highest BCUT2D eigenvalue weighted by atomic mass is 32.1. The van der Waals surface area contributed by atoms with E-state index < -0.39 is 17.9 Å². The highest BCUT2D eigenvalue weighted by Crippen LogP contribution is 2.35. The fourth-order valence-electron chi connectivity index (χ4n) is 14.2. The summed E-state index contributed by atoms with van der Waals surface area (Å²) in [5.74, 6) is -1.98. The van der Waals surface area contributed by atoms with E-state index in [1.807, 2.05) is 147 Å². The third-order valence-corrected chi connectivity index (χ3v) is 20.3. The van der Waals surface area contributed by atoms with Crippen molar-refractivity contribution in [2.75, 3.05) is 113 Å². The number of hydrogen-bond acceptors (Lipinski definition) is 18. The number of aryl methyl sites for hydroxylation is 2. The normalized spacial score (nSPS) is 14.3. The zero-order valence-electron chi connectivity index (χ0n) is 59.1. The minimum Gasteiger partial charge on any atom is -0.462 e. The zero-order chi connectivity index (χ0) is 73.4. The molecule has 9 heterocycles. The van der Waals surface area contributed by atoms with Crippen LogP contribution in [0.3, 0.4) is 0 Å². The van der Waals surface area contributed by atoms with Crippen LogP contribution in [0.2, 0.25) is 0 Å². The number of pyridine rings is 4. The van der Waals surface area contributed by atoms with Gasteiger partial charge in [0.25, 0.3) is 34.4 Å². The minimum absolute atomic E-state index is 0.0101. The van der Waals surface area contributed by atoms with Gasteiger partial charge in [-0.3, -0.25) is 33.8 Å². The highest BCUT2D eigenvalue weighted by Gasteiger charge is 2.35. The second kappa shape index (κ2) is 31.7. The van der Waals surface area contributed by atoms with Crippen LogP contribution in [-0.2, 0) is 46.1 Å². The number of carbonyl (C=O) groups excluding carboxylic acids is 6. The van der Waals surface area contributed by atoms with Crippen molar-refractivity contribution in [2.24, 2.45) is 19.1 Å². The molecule has 0 spiro atoms. The molecule has 0 radical (unpaired) electrons. The van der Waals surface area contributed by atoms with Crippen molar-refractivity contribution < 1.29 is 43.0 Å². The van der Waals surface area contributed by atoms with Gasteiger partial charge in [0.2, 0.25) is 0 Å². The van der Waals surface area contributed by atoms with E-state index in [0.717, 1.165) is 60.3 Å². The van der Waals surface area contributed by atoms with E-state index in [9.17, 15) is 43.2 Å². The van der Waals surface area contributed by atoms with Crippen molar-refractivity contribution in [1.82, 2.24) is 33.4 Å². The Morgan fingerprint density at radius 3 is 1.37 bits per heavy atom. The molecule has 3 amide bonds. The van der Waals surface area contributed by atoms with Gasteiger partial charge in [0.15, 0.2) is 0 Å². The number of hydrogen-bond donors (Lipinski definition) is 0. The topological polar surface area (TPSA) is 241 Å². The molecule has 536 valence electrons. The standard InChI is InChI=1S/C32H29N3O4S.C26H26N4O4.C23H24N4O4/c1-2-39-32(38)28-29(33-15-17-34(18-16-33)30(36)27-12-7-19-40-27)25-10-5-6-11-26(25)35(31(28)37)21-22-13-14-23-8-3-4-9-24(23)20-22;1-3-34-26(33)22-23(18-9-5-7-11-21(18)28(2)25(22)32)29-12-14-30(15-13-29)24(31)20-16-17-8-4-6-10-19(17)27-20;1-3-31-23(30)19-20(17-6-4-5-7-18(17)25(2)22(19)29)26-12-14-27(15-13-26)21(28)16-8-10-24-11-9-16/h3-14,19-20H,2,15-18,21H2,1H3;4-11H,3,12-16H2,1-2H3;4-11H,3,12-15H2,1-2H3. The number of thiophene rings is 1. The molecular weight excluding hydrogens is 1350 g/mol. The van der Waals surface area contributed by atoms with Crippen LogP contribution in [0.4, 0.5) is 22.7 Å². The van der Waals surface area contributed by atoms with Crippen molar-refractivity contribution in [3.63, 3.8) is 0 Å². The molecule has 4 aliphatic heterocycles. The van der Waals surface area contributed by atoms with Crippen LogP contribution in [0.15, 0.2) is 201 Å². The zero-order valence-corrected chi connectivity index (χ0v) is 59.9. The lowest BCUT2D eigenvalue weighted by Crippen LogP contribution is -2.51. The van der Waals surface area contributed by atoms with Gasteiger partial charge >= 0.3 is 17.9 Å². The van der Waals surface area contributed by atoms with E-state index in [-0.39, 0.29) is 70.9 Å². The molecule has 24 heteroatoms. The van der Waals surface area contributed by atoms with Crippen molar-refractivity contribution in [2.45, 2.75) is 33.7 Å². The van der Waals surface area contributed by atoms with Crippen molar-refractivity contribution >= 4 is 119 Å². The van der Waals surface area contributed by atoms with Gasteiger partial charge in [-0.05, 0) is 96.6 Å². The highest BCUT2D eigenvalue weighted by molar-refractivity contribution is 7.12. The molecule has 0 saturated carbocycles. The third kappa shape index (κ3) is 14.6. The van der Waals surface area contributed by atoms with Gasteiger partial charge in [-0.15, -0.1) is 11.3 Å². The largest absolute Gasteiger partial charge is 0.462 e. The Bertz CT molecular complexity index is 5380. The van der Waals surface area contributed by atoms with Gasteiger partial charge in [-0.2, -0.15) is 0 Å². The first kappa shape index (κ1) is 71.3. The number of piperazine rings is 3. The van der Waals surface area contributed by atoms with Gasteiger partial charge in [0.05, 0.1) is 70.5 Å². The van der Waals surface area contributed by atoms with Crippen LogP contribution < -0.4 is 31.4 Å². The quantitative estimate of drug-likeness (QED) is 0.0726. The molecule has 15 rings (SSSR count). The summed E-state index contributed by atoms with van der Waals surface area (Å²) in [4.78, 5) is 139. The number of nitrogens with zero attached hydrogens (tertiary/aromatic N) is 11. The minimum atomic E-state index is -0.627. The van der Waals surface area contributed by atoms with Crippen molar-refractivity contribution in [3.05, 3.63) is 251 Å². The molecule has 6 aromatic carbocycles. The fourth-order valence-corrected chi connectivity index (χ4v) is 14.9. The molecule has 0 N–H and O–H groups in total. The van der Waals surface area contributed by atoms with Crippen LogP contribution in [0.5, 0.6) is 0 Å². The lowest BCUT2D eigenvalue weighted by molar-refractivity contribution is -0.124. The molecule has 0 aliphatic carbocycles. The molecule has 11 aromatic rings. The molecule has 0 atom stereocenters. The Kier molecular flexibility index (Phi) is 21.5. The number of fused-ring (bicyclic) bond motifs is 5. The summed E-state index contributed by atoms with van der Waals surface area (Å²) in [7, 11) is 3.32. The summed E-state index contributed by atoms with van der Waals surface area (Å²) in [6.45, 7) is 11.9. The van der Waals surface area contributed by atoms with E-state index in [0.29, 0.717) is 125 Å². The summed E-state index contributed by atoms with van der Waals surface area (Å²) >= 11 is 1.43. The second-order valence-electron chi connectivity index (χ2n) is 25.6. The van der Waals surface area contributed by atoms with E-state index in [4.69, 9.17) is 14.2 Å². The molecule has 3 saturated heterocycles. The van der Waals surface area contributed by atoms with Gasteiger partial charge in [-0.25, -0.2) is 19.4 Å². The van der Waals surface area contributed by atoms with Gasteiger partial charge in [-0.1, -0.05) is 115 Å².